The molecule has 2 aliphatic heterocycles. The van der Waals surface area contributed by atoms with Crippen molar-refractivity contribution in [1.82, 2.24) is 15.1 Å². The van der Waals surface area contributed by atoms with Crippen LogP contribution in [0.15, 0.2) is 24.3 Å². The number of nitrogens with zero attached hydrogens (tertiary/aromatic N) is 2. The van der Waals surface area contributed by atoms with E-state index in [1.54, 1.807) is 66.7 Å². The highest BCUT2D eigenvalue weighted by molar-refractivity contribution is 7.80. The number of aliphatic hydroxyl groups is 5. The van der Waals surface area contributed by atoms with Gasteiger partial charge in [-0.25, -0.2) is 4.39 Å². The highest BCUT2D eigenvalue weighted by atomic mass is 32.1. The number of nitrogens with one attached hydrogen (secondary N) is 2. The van der Waals surface area contributed by atoms with Crippen LogP contribution >= 0.6 is 12.2 Å². The normalized spacial score (nSPS) is 36.2. The minimum absolute atomic E-state index is 0.147. The van der Waals surface area contributed by atoms with Gasteiger partial charge in [-0.2, -0.15) is 0 Å². The van der Waals surface area contributed by atoms with Crippen molar-refractivity contribution in [1.29, 1.82) is 0 Å². The third kappa shape index (κ3) is 16.2. The molecule has 1 aromatic carbocycles. The number of rotatable bonds is 17. The Balaban J connectivity index is 2.11. The second kappa shape index (κ2) is 26.0. The van der Waals surface area contributed by atoms with E-state index in [4.69, 9.17) is 40.6 Å². The Morgan fingerprint density at radius 3 is 2.37 bits per heavy atom. The van der Waals surface area contributed by atoms with E-state index in [0.29, 0.717) is 32.5 Å². The number of thiocarbonyl (C=S) groups is 1. The predicted molar refractivity (Wildman–Crippen MR) is 250 cm³/mol. The zero-order valence-electron chi connectivity index (χ0n) is 41.1. The summed E-state index contributed by atoms with van der Waals surface area (Å²) in [6.45, 7) is 18.7. The summed E-state index contributed by atoms with van der Waals surface area (Å²) in [6.07, 6.45) is -8.26. The largest absolute Gasteiger partial charge is 0.459 e. The van der Waals surface area contributed by atoms with Gasteiger partial charge < -0.3 is 69.5 Å². The zero-order valence-corrected chi connectivity index (χ0v) is 41.9. The number of ether oxygens (including phenoxy) is 6. The number of carbonyl (C=O) groups is 1. The maximum Gasteiger partial charge on any atom is 0.311 e. The fraction of sp³-hybridized carbons (Fsp3) is 0.830. The molecular formula is C47H83FN4O12S. The molecule has 0 amide bonds. The van der Waals surface area contributed by atoms with Crippen LogP contribution < -0.4 is 10.6 Å². The first kappa shape index (κ1) is 57.1. The van der Waals surface area contributed by atoms with E-state index in [1.807, 2.05) is 37.7 Å². The van der Waals surface area contributed by atoms with Gasteiger partial charge in [0.15, 0.2) is 17.7 Å². The number of para-hydroxylation sites is 1. The van der Waals surface area contributed by atoms with Crippen LogP contribution in [0, 0.1) is 23.6 Å². The molecule has 2 fully saturated rings. The summed E-state index contributed by atoms with van der Waals surface area (Å²) < 4.78 is 51.9. The number of carbonyl (C=O) groups excluding carboxylic acids is 1. The average Bonchev–Trinajstić information content (AvgIpc) is 3.23. The van der Waals surface area contributed by atoms with Crippen LogP contribution in [-0.2, 0) is 33.2 Å². The molecule has 17 atom stereocenters. The SMILES string of the molecule is CC[C@H]1OC(=O)[C@H](C)[C@@H](O[C@@H](CCOC)O[C@@H](C)[C@@H](C)O)[C@H](C)[C@@H](O[C@@H]2O[C@H](C)C[C@H](N(C)C)[C@H]2O)[C@](C)(O)C[C@@H](C)CN(CCCNC(=S)Nc2ccccc2F)[C@H](C)[C@@H](O)[C@]1(C)O. The van der Waals surface area contributed by atoms with Gasteiger partial charge in [0.25, 0.3) is 0 Å². The van der Waals surface area contributed by atoms with Crippen LogP contribution in [0.3, 0.4) is 0 Å². The van der Waals surface area contributed by atoms with Crippen molar-refractivity contribution in [2.45, 2.75) is 186 Å². The molecule has 16 nitrogen and oxygen atoms in total. The van der Waals surface area contributed by atoms with Crippen LogP contribution in [-0.4, -0.2) is 179 Å². The molecule has 18 heteroatoms. The summed E-state index contributed by atoms with van der Waals surface area (Å²) in [5.74, 6) is -3.33. The zero-order chi connectivity index (χ0) is 49.0. The molecule has 2 saturated heterocycles. The fourth-order valence-electron chi connectivity index (χ4n) is 9.25. The number of esters is 1. The predicted octanol–water partition coefficient (Wildman–Crippen LogP) is 4.03. The van der Waals surface area contributed by atoms with Gasteiger partial charge in [0.05, 0.1) is 54.3 Å². The maximum absolute atomic E-state index is 14.5. The van der Waals surface area contributed by atoms with Gasteiger partial charge in [0.2, 0.25) is 0 Å². The van der Waals surface area contributed by atoms with E-state index < -0.39 is 96.2 Å². The quantitative estimate of drug-likeness (QED) is 0.0510. The number of hydrogen-bond donors (Lipinski definition) is 7. The van der Waals surface area contributed by atoms with Crippen molar-refractivity contribution in [3.05, 3.63) is 30.1 Å². The maximum atomic E-state index is 14.5. The molecule has 0 radical (unpaired) electrons. The standard InChI is InChI=1S/C47H83FN4O12S/c1-14-37-47(10,58)41(55)31(6)52(22-17-21-49-45(65)50-35-19-16-15-18-34(35)48)26-27(2)25-46(9,57)42(64-44-39(54)36(51(11)12)24-28(3)60-44)29(4)40(30(5)43(56)62-37)63-38(20-23-59-13)61-33(8)32(7)53/h15-16,18-19,27-33,36-42,44,53-55,57-58H,14,17,20-26H2,1-13H3,(H2,49,50,65)/t27-,28-,29+,30-,31-,32-,33+,36+,37-,38+,39-,40+,41-,42-,44+,46-,47-/m1/s1. The van der Waals surface area contributed by atoms with Crippen molar-refractivity contribution in [3.63, 3.8) is 0 Å². The van der Waals surface area contributed by atoms with E-state index >= 15 is 0 Å². The first-order valence-corrected chi connectivity index (χ1v) is 23.8. The number of hydrogen-bond acceptors (Lipinski definition) is 15. The number of likely N-dealkylation sites (N-methyl/N-ethyl adjacent to an activating group) is 1. The van der Waals surface area contributed by atoms with E-state index in [2.05, 4.69) is 10.6 Å². The molecule has 0 bridgehead atoms. The Labute approximate surface area is 392 Å². The van der Waals surface area contributed by atoms with Gasteiger partial charge in [-0.3, -0.25) is 9.69 Å². The minimum atomic E-state index is -1.92. The number of halogens is 1. The van der Waals surface area contributed by atoms with Crippen molar-refractivity contribution in [2.75, 3.05) is 52.8 Å². The lowest BCUT2D eigenvalue weighted by Crippen LogP contribution is -2.59. The van der Waals surface area contributed by atoms with Gasteiger partial charge in [-0.15, -0.1) is 0 Å². The summed E-state index contributed by atoms with van der Waals surface area (Å²) >= 11 is 5.44. The molecule has 0 saturated carbocycles. The number of benzene rings is 1. The van der Waals surface area contributed by atoms with E-state index in [0.717, 1.165) is 0 Å². The summed E-state index contributed by atoms with van der Waals surface area (Å²) in [5, 5.41) is 65.4. The first-order valence-electron chi connectivity index (χ1n) is 23.4. The second-order valence-electron chi connectivity index (χ2n) is 19.3. The number of cyclic esters (lactones) is 1. The lowest BCUT2D eigenvalue weighted by Gasteiger charge is -2.47. The minimum Gasteiger partial charge on any atom is -0.459 e. The Morgan fingerprint density at radius 1 is 1.11 bits per heavy atom. The van der Waals surface area contributed by atoms with Crippen LogP contribution in [0.1, 0.15) is 101 Å². The lowest BCUT2D eigenvalue weighted by molar-refractivity contribution is -0.306. The van der Waals surface area contributed by atoms with Gasteiger partial charge in [-0.1, -0.05) is 32.9 Å². The monoisotopic (exact) mass is 947 g/mol. The number of methoxy groups -OCH3 is 1. The lowest BCUT2D eigenvalue weighted by atomic mass is 9.77. The molecule has 7 N–H and O–H groups in total. The van der Waals surface area contributed by atoms with Crippen molar-refractivity contribution in [2.24, 2.45) is 17.8 Å². The van der Waals surface area contributed by atoms with Gasteiger partial charge in [0.1, 0.15) is 29.7 Å². The Morgan fingerprint density at radius 2 is 1.77 bits per heavy atom. The molecule has 0 unspecified atom stereocenters. The Hall–Kier alpha value is -2.17. The summed E-state index contributed by atoms with van der Waals surface area (Å²) in [5.41, 5.74) is -3.33. The van der Waals surface area contributed by atoms with Gasteiger partial charge in [0, 0.05) is 51.2 Å². The first-order chi connectivity index (χ1) is 30.4. The van der Waals surface area contributed by atoms with Crippen LogP contribution in [0.5, 0.6) is 0 Å². The molecular weight excluding hydrogens is 864 g/mol. The summed E-state index contributed by atoms with van der Waals surface area (Å²) in [6, 6.07) is 5.22. The van der Waals surface area contributed by atoms with Gasteiger partial charge in [-0.05, 0) is 119 Å². The average molecular weight is 947 g/mol. The number of anilines is 1. The van der Waals surface area contributed by atoms with Gasteiger partial charge >= 0.3 is 5.97 Å². The third-order valence-electron chi connectivity index (χ3n) is 13.2. The molecule has 3 rings (SSSR count). The molecule has 65 heavy (non-hydrogen) atoms. The van der Waals surface area contributed by atoms with E-state index in [9.17, 15) is 34.7 Å². The van der Waals surface area contributed by atoms with E-state index in [1.165, 1.54) is 20.1 Å². The second-order valence-corrected chi connectivity index (χ2v) is 19.7. The molecule has 0 spiro atoms. The highest BCUT2D eigenvalue weighted by Crippen LogP contribution is 2.38. The van der Waals surface area contributed by atoms with Crippen LogP contribution in [0.25, 0.3) is 0 Å². The summed E-state index contributed by atoms with van der Waals surface area (Å²) in [7, 11) is 5.28. The smallest absolute Gasteiger partial charge is 0.311 e. The fourth-order valence-corrected chi connectivity index (χ4v) is 9.47. The molecule has 376 valence electrons. The van der Waals surface area contributed by atoms with Crippen LogP contribution in [0.4, 0.5) is 10.1 Å². The van der Waals surface area contributed by atoms with Crippen LogP contribution in [0.2, 0.25) is 0 Å². The molecule has 2 aliphatic rings. The number of aliphatic hydroxyl groups excluding tert-OH is 3. The molecule has 2 heterocycles. The van der Waals surface area contributed by atoms with Crippen molar-refractivity contribution >= 4 is 29.0 Å². The molecule has 0 aromatic heterocycles. The van der Waals surface area contributed by atoms with Crippen molar-refractivity contribution in [3.8, 4) is 0 Å². The highest BCUT2D eigenvalue weighted by Gasteiger charge is 2.51. The third-order valence-corrected chi connectivity index (χ3v) is 13.4. The topological polar surface area (TPSA) is 204 Å². The Kier molecular flexibility index (Phi) is 22.8. The Bertz CT molecular complexity index is 1600. The van der Waals surface area contributed by atoms with E-state index in [-0.39, 0.29) is 54.7 Å². The molecule has 0 aliphatic carbocycles. The summed E-state index contributed by atoms with van der Waals surface area (Å²) in [4.78, 5) is 18.4. The van der Waals surface area contributed by atoms with Crippen molar-refractivity contribution < 1.29 is 63.1 Å². The molecule has 1 aromatic rings.